The smallest absolute Gasteiger partial charge is 0.271 e. The number of anilines is 1. The highest BCUT2D eigenvalue weighted by Crippen LogP contribution is 2.23. The Hall–Kier alpha value is -2.19. The molecular formula is C17H25N5O3. The van der Waals surface area contributed by atoms with E-state index in [1.165, 1.54) is 6.07 Å². The van der Waals surface area contributed by atoms with Crippen LogP contribution in [0.5, 0.6) is 0 Å². The molecule has 0 radical (unpaired) electrons. The lowest BCUT2D eigenvalue weighted by atomic mass is 9.96. The van der Waals surface area contributed by atoms with E-state index in [2.05, 4.69) is 22.7 Å². The van der Waals surface area contributed by atoms with Crippen molar-refractivity contribution in [1.82, 2.24) is 15.8 Å². The minimum Gasteiger partial charge on any atom is -0.368 e. The first-order valence-electron chi connectivity index (χ1n) is 8.86. The molecule has 3 rings (SSSR count). The quantitative estimate of drug-likeness (QED) is 0.613. The molecule has 0 aliphatic carbocycles. The van der Waals surface area contributed by atoms with Gasteiger partial charge in [-0.2, -0.15) is 0 Å². The summed E-state index contributed by atoms with van der Waals surface area (Å²) in [7, 11) is 0. The monoisotopic (exact) mass is 347 g/mol. The third-order valence-corrected chi connectivity index (χ3v) is 5.01. The molecule has 1 aromatic carbocycles. The molecule has 2 saturated heterocycles. The topological polar surface area (TPSA) is 90.8 Å². The number of rotatable bonds is 5. The molecular weight excluding hydrogens is 322 g/mol. The number of carbonyl (C=O) groups is 1. The van der Waals surface area contributed by atoms with E-state index in [4.69, 9.17) is 0 Å². The molecule has 2 N–H and O–H groups in total. The number of hydrogen-bond donors (Lipinski definition) is 2. The molecule has 1 amide bonds. The fourth-order valence-corrected chi connectivity index (χ4v) is 3.61. The largest absolute Gasteiger partial charge is 0.368 e. The van der Waals surface area contributed by atoms with Gasteiger partial charge in [0.25, 0.3) is 5.69 Å². The Morgan fingerprint density at radius 3 is 2.76 bits per heavy atom. The van der Waals surface area contributed by atoms with Crippen LogP contribution in [0, 0.1) is 16.0 Å². The minimum atomic E-state index is -0.378. The molecule has 1 aromatic rings. The Morgan fingerprint density at radius 2 is 2.08 bits per heavy atom. The Morgan fingerprint density at radius 1 is 1.32 bits per heavy atom. The number of nitrogens with one attached hydrogen (secondary N) is 2. The predicted octanol–water partition coefficient (Wildman–Crippen LogP) is 1.14. The van der Waals surface area contributed by atoms with E-state index in [0.717, 1.165) is 18.5 Å². The number of benzene rings is 1. The van der Waals surface area contributed by atoms with Gasteiger partial charge in [-0.3, -0.25) is 25.8 Å². The Labute approximate surface area is 147 Å². The number of piperazine rings is 1. The highest BCUT2D eigenvalue weighted by Gasteiger charge is 2.35. The van der Waals surface area contributed by atoms with Gasteiger partial charge in [0, 0.05) is 56.6 Å². The summed E-state index contributed by atoms with van der Waals surface area (Å²) in [6.45, 7) is 5.49. The summed E-state index contributed by atoms with van der Waals surface area (Å²) in [6, 6.07) is 6.88. The maximum atomic E-state index is 12.8. The standard InChI is InChI=1S/C17H25N5O3/c1-2-4-16-15(12-18-19-16)17(23)21-9-7-20(8-10-21)13-5-3-6-14(11-13)22(24)25/h3,5-6,11,15-16,18-19H,2,4,7-10,12H2,1H3. The Kier molecular flexibility index (Phi) is 5.50. The van der Waals surface area contributed by atoms with Crippen molar-refractivity contribution in [2.24, 2.45) is 5.92 Å². The van der Waals surface area contributed by atoms with Gasteiger partial charge in [0.15, 0.2) is 0 Å². The number of hydrazine groups is 1. The second-order valence-corrected chi connectivity index (χ2v) is 6.62. The Balaban J connectivity index is 1.59. The lowest BCUT2D eigenvalue weighted by Crippen LogP contribution is -2.52. The molecule has 2 aliphatic heterocycles. The molecule has 2 atom stereocenters. The molecule has 0 aromatic heterocycles. The SMILES string of the molecule is CCCC1NNCC1C(=O)N1CCN(c2cccc([N+](=O)[O-])c2)CC1. The molecule has 25 heavy (non-hydrogen) atoms. The van der Waals surface area contributed by atoms with Crippen molar-refractivity contribution in [3.05, 3.63) is 34.4 Å². The van der Waals surface area contributed by atoms with E-state index in [-0.39, 0.29) is 28.5 Å². The summed E-state index contributed by atoms with van der Waals surface area (Å²) in [5, 5.41) is 10.9. The van der Waals surface area contributed by atoms with E-state index < -0.39 is 0 Å². The van der Waals surface area contributed by atoms with Crippen molar-refractivity contribution < 1.29 is 9.72 Å². The zero-order chi connectivity index (χ0) is 17.8. The van der Waals surface area contributed by atoms with Crippen molar-refractivity contribution in [1.29, 1.82) is 0 Å². The summed E-state index contributed by atoms with van der Waals surface area (Å²) in [6.07, 6.45) is 2.03. The van der Waals surface area contributed by atoms with Crippen molar-refractivity contribution >= 4 is 17.3 Å². The van der Waals surface area contributed by atoms with E-state index in [1.54, 1.807) is 12.1 Å². The van der Waals surface area contributed by atoms with Crippen LogP contribution >= 0.6 is 0 Å². The summed E-state index contributed by atoms with van der Waals surface area (Å²) < 4.78 is 0. The zero-order valence-corrected chi connectivity index (χ0v) is 14.5. The fraction of sp³-hybridized carbons (Fsp3) is 0.588. The normalized spacial score (nSPS) is 23.7. The maximum absolute atomic E-state index is 12.8. The van der Waals surface area contributed by atoms with Crippen LogP contribution in [0.3, 0.4) is 0 Å². The van der Waals surface area contributed by atoms with Crippen LogP contribution in [-0.2, 0) is 4.79 Å². The van der Waals surface area contributed by atoms with Crippen LogP contribution in [0.2, 0.25) is 0 Å². The molecule has 136 valence electrons. The molecule has 0 saturated carbocycles. The van der Waals surface area contributed by atoms with Crippen molar-refractivity contribution in [3.8, 4) is 0 Å². The molecule has 8 nitrogen and oxygen atoms in total. The number of nitro benzene ring substituents is 1. The number of non-ortho nitro benzene ring substituents is 1. The zero-order valence-electron chi connectivity index (χ0n) is 14.5. The lowest BCUT2D eigenvalue weighted by Gasteiger charge is -2.37. The van der Waals surface area contributed by atoms with E-state index in [0.29, 0.717) is 32.7 Å². The lowest BCUT2D eigenvalue weighted by molar-refractivity contribution is -0.384. The maximum Gasteiger partial charge on any atom is 0.271 e. The molecule has 0 bridgehead atoms. The average molecular weight is 347 g/mol. The van der Waals surface area contributed by atoms with E-state index in [9.17, 15) is 14.9 Å². The average Bonchev–Trinajstić information content (AvgIpc) is 3.10. The van der Waals surface area contributed by atoms with E-state index in [1.807, 2.05) is 11.0 Å². The number of amides is 1. The van der Waals surface area contributed by atoms with Gasteiger partial charge in [-0.05, 0) is 12.5 Å². The summed E-state index contributed by atoms with van der Waals surface area (Å²) >= 11 is 0. The van der Waals surface area contributed by atoms with Gasteiger partial charge in [-0.25, -0.2) is 0 Å². The van der Waals surface area contributed by atoms with Gasteiger partial charge >= 0.3 is 0 Å². The molecule has 2 fully saturated rings. The van der Waals surface area contributed by atoms with Crippen LogP contribution < -0.4 is 15.8 Å². The third-order valence-electron chi connectivity index (χ3n) is 5.01. The van der Waals surface area contributed by atoms with Crippen molar-refractivity contribution in [2.45, 2.75) is 25.8 Å². The summed E-state index contributed by atoms with van der Waals surface area (Å²) in [5.41, 5.74) is 7.25. The van der Waals surface area contributed by atoms with Gasteiger partial charge in [0.2, 0.25) is 5.91 Å². The third kappa shape index (κ3) is 3.91. The minimum absolute atomic E-state index is 0.00990. The number of nitro groups is 1. The number of carbonyl (C=O) groups excluding carboxylic acids is 1. The molecule has 8 heteroatoms. The molecule has 2 aliphatic rings. The van der Waals surface area contributed by atoms with Gasteiger partial charge in [0.1, 0.15) is 0 Å². The molecule has 2 unspecified atom stereocenters. The van der Waals surface area contributed by atoms with Crippen LogP contribution in [0.15, 0.2) is 24.3 Å². The van der Waals surface area contributed by atoms with Crippen molar-refractivity contribution in [2.75, 3.05) is 37.6 Å². The predicted molar refractivity (Wildman–Crippen MR) is 95.2 cm³/mol. The van der Waals surface area contributed by atoms with Gasteiger partial charge in [0.05, 0.1) is 10.8 Å². The van der Waals surface area contributed by atoms with Crippen LogP contribution in [0.25, 0.3) is 0 Å². The second kappa shape index (κ2) is 7.79. The van der Waals surface area contributed by atoms with Crippen LogP contribution in [0.4, 0.5) is 11.4 Å². The molecule has 2 heterocycles. The molecule has 0 spiro atoms. The second-order valence-electron chi connectivity index (χ2n) is 6.62. The Bertz CT molecular complexity index is 630. The van der Waals surface area contributed by atoms with E-state index >= 15 is 0 Å². The fourth-order valence-electron chi connectivity index (χ4n) is 3.61. The van der Waals surface area contributed by atoms with Crippen molar-refractivity contribution in [3.63, 3.8) is 0 Å². The highest BCUT2D eigenvalue weighted by molar-refractivity contribution is 5.80. The van der Waals surface area contributed by atoms with Crippen LogP contribution in [-0.4, -0.2) is 54.5 Å². The summed E-state index contributed by atoms with van der Waals surface area (Å²) in [4.78, 5) is 27.4. The summed E-state index contributed by atoms with van der Waals surface area (Å²) in [5.74, 6) is 0.193. The van der Waals surface area contributed by atoms with Crippen LogP contribution in [0.1, 0.15) is 19.8 Å². The van der Waals surface area contributed by atoms with Gasteiger partial charge in [-0.15, -0.1) is 0 Å². The van der Waals surface area contributed by atoms with Gasteiger partial charge in [-0.1, -0.05) is 19.4 Å². The van der Waals surface area contributed by atoms with Gasteiger partial charge < -0.3 is 9.80 Å². The first kappa shape index (κ1) is 17.6. The highest BCUT2D eigenvalue weighted by atomic mass is 16.6. The number of nitrogens with zero attached hydrogens (tertiary/aromatic N) is 3. The first-order chi connectivity index (χ1) is 12.1. The number of hydrogen-bond acceptors (Lipinski definition) is 6. The first-order valence-corrected chi connectivity index (χ1v) is 8.86.